The summed E-state index contributed by atoms with van der Waals surface area (Å²) in [7, 11) is 1.80. The first-order chi connectivity index (χ1) is 14.1. The van der Waals surface area contributed by atoms with Crippen molar-refractivity contribution in [3.63, 3.8) is 0 Å². The molecular formula is C25H35NO4. The predicted molar refractivity (Wildman–Crippen MR) is 114 cm³/mol. The van der Waals surface area contributed by atoms with Crippen molar-refractivity contribution in [1.29, 1.82) is 0 Å². The first-order valence-electron chi connectivity index (χ1n) is 11.6. The highest BCUT2D eigenvalue weighted by molar-refractivity contribution is 5.63. The lowest BCUT2D eigenvalue weighted by atomic mass is 9.33. The monoisotopic (exact) mass is 413 g/mol. The summed E-state index contributed by atoms with van der Waals surface area (Å²) in [6, 6.07) is 4.26. The van der Waals surface area contributed by atoms with E-state index in [0.29, 0.717) is 11.8 Å². The maximum atomic E-state index is 12.0. The quantitative estimate of drug-likeness (QED) is 0.694. The molecule has 4 aliphatic carbocycles. The number of aromatic hydroxyl groups is 1. The molecule has 0 aromatic heterocycles. The van der Waals surface area contributed by atoms with Gasteiger partial charge in [-0.15, -0.1) is 0 Å². The van der Waals surface area contributed by atoms with Crippen LogP contribution in [0.5, 0.6) is 11.5 Å². The predicted octanol–water partition coefficient (Wildman–Crippen LogP) is 3.29. The molecule has 3 N–H and O–H groups in total. The molecule has 5 heteroatoms. The van der Waals surface area contributed by atoms with E-state index in [2.05, 4.69) is 32.2 Å². The summed E-state index contributed by atoms with van der Waals surface area (Å²) in [5.74, 6) is 0.887. The zero-order valence-electron chi connectivity index (χ0n) is 18.8. The molecule has 6 aliphatic rings. The Bertz CT molecular complexity index is 936. The van der Waals surface area contributed by atoms with Crippen molar-refractivity contribution in [2.45, 2.75) is 88.6 Å². The second-order valence-corrected chi connectivity index (χ2v) is 11.8. The van der Waals surface area contributed by atoms with Crippen molar-refractivity contribution >= 4 is 0 Å². The van der Waals surface area contributed by atoms with Gasteiger partial charge in [-0.2, -0.15) is 0 Å². The Hall–Kier alpha value is -1.30. The van der Waals surface area contributed by atoms with Gasteiger partial charge in [0, 0.05) is 35.5 Å². The van der Waals surface area contributed by atoms with E-state index in [-0.39, 0.29) is 34.0 Å². The summed E-state index contributed by atoms with van der Waals surface area (Å²) < 4.78 is 13.2. The Morgan fingerprint density at radius 2 is 1.93 bits per heavy atom. The van der Waals surface area contributed by atoms with Crippen LogP contribution in [0.25, 0.3) is 0 Å². The molecule has 4 bridgehead atoms. The van der Waals surface area contributed by atoms with E-state index >= 15 is 0 Å². The van der Waals surface area contributed by atoms with E-state index in [9.17, 15) is 10.2 Å². The number of hydrogen-bond donors (Lipinski definition) is 3. The number of aliphatic hydroxyl groups is 1. The summed E-state index contributed by atoms with van der Waals surface area (Å²) in [6.45, 7) is 9.33. The van der Waals surface area contributed by atoms with Gasteiger partial charge in [0.05, 0.1) is 5.60 Å². The molecule has 164 valence electrons. The van der Waals surface area contributed by atoms with E-state index in [0.717, 1.165) is 38.6 Å². The summed E-state index contributed by atoms with van der Waals surface area (Å²) in [6.07, 6.45) is 4.66. The van der Waals surface area contributed by atoms with Crippen molar-refractivity contribution < 1.29 is 19.7 Å². The topological polar surface area (TPSA) is 71.0 Å². The van der Waals surface area contributed by atoms with E-state index in [1.54, 1.807) is 13.2 Å². The van der Waals surface area contributed by atoms with Crippen LogP contribution in [0, 0.1) is 16.7 Å². The lowest BCUT2D eigenvalue weighted by Crippen LogP contribution is -2.83. The third-order valence-corrected chi connectivity index (χ3v) is 10.4. The van der Waals surface area contributed by atoms with Crippen molar-refractivity contribution in [2.24, 2.45) is 16.7 Å². The molecule has 7 rings (SSSR count). The van der Waals surface area contributed by atoms with Crippen LogP contribution in [0.15, 0.2) is 12.1 Å². The Kier molecular flexibility index (Phi) is 3.46. The van der Waals surface area contributed by atoms with Gasteiger partial charge < -0.3 is 25.0 Å². The van der Waals surface area contributed by atoms with Crippen LogP contribution in [-0.2, 0) is 16.6 Å². The van der Waals surface area contributed by atoms with Gasteiger partial charge in [0.25, 0.3) is 0 Å². The molecule has 0 unspecified atom stereocenters. The van der Waals surface area contributed by atoms with Crippen LogP contribution in [0.4, 0.5) is 0 Å². The lowest BCUT2D eigenvalue weighted by molar-refractivity contribution is -0.303. The summed E-state index contributed by atoms with van der Waals surface area (Å²) >= 11 is 0. The van der Waals surface area contributed by atoms with Gasteiger partial charge in [-0.25, -0.2) is 0 Å². The third kappa shape index (κ3) is 1.77. The molecule has 1 aromatic carbocycles. The molecule has 2 spiro atoms. The van der Waals surface area contributed by atoms with Gasteiger partial charge in [-0.1, -0.05) is 26.8 Å². The van der Waals surface area contributed by atoms with E-state index in [1.807, 2.05) is 6.92 Å². The molecule has 30 heavy (non-hydrogen) atoms. The molecule has 7 atom stereocenters. The first kappa shape index (κ1) is 19.4. The van der Waals surface area contributed by atoms with Crippen LogP contribution in [-0.4, -0.2) is 47.2 Å². The SMILES string of the molecule is CO[C@]12CC[C@@]3(C[C@@H]1[C@](C)(O)C(C)(C)C)[C@H]1Cc4ccc(O)c5c4[C@@]3(CCN1)[C@H]2O5. The number of ether oxygens (including phenoxy) is 2. The smallest absolute Gasteiger partial charge is 0.165 e. The number of phenolic OH excluding ortho intramolecular Hbond substituents is 1. The highest BCUT2D eigenvalue weighted by Gasteiger charge is 2.81. The Morgan fingerprint density at radius 1 is 1.17 bits per heavy atom. The van der Waals surface area contributed by atoms with Crippen LogP contribution in [0.1, 0.15) is 64.5 Å². The normalized spacial score (nSPS) is 44.9. The largest absolute Gasteiger partial charge is 0.504 e. The molecule has 4 fully saturated rings. The molecule has 1 saturated heterocycles. The summed E-state index contributed by atoms with van der Waals surface area (Å²) in [4.78, 5) is 0. The number of benzene rings is 1. The fourth-order valence-electron chi connectivity index (χ4n) is 8.53. The van der Waals surface area contributed by atoms with Gasteiger partial charge in [0.1, 0.15) is 11.7 Å². The molecule has 0 amide bonds. The number of fused-ring (bicyclic) bond motifs is 2. The summed E-state index contributed by atoms with van der Waals surface area (Å²) in [5, 5.41) is 26.6. The maximum absolute atomic E-state index is 12.0. The average molecular weight is 414 g/mol. The van der Waals surface area contributed by atoms with Crippen LogP contribution in [0.2, 0.25) is 0 Å². The number of hydrogen-bond acceptors (Lipinski definition) is 5. The van der Waals surface area contributed by atoms with Gasteiger partial charge in [-0.3, -0.25) is 0 Å². The number of methoxy groups -OCH3 is 1. The van der Waals surface area contributed by atoms with Gasteiger partial charge in [0.15, 0.2) is 11.5 Å². The maximum Gasteiger partial charge on any atom is 0.165 e. The van der Waals surface area contributed by atoms with E-state index < -0.39 is 11.2 Å². The Balaban J connectivity index is 1.65. The lowest BCUT2D eigenvalue weighted by Gasteiger charge is -2.74. The molecule has 2 heterocycles. The minimum absolute atomic E-state index is 0.0160. The zero-order chi connectivity index (χ0) is 21.3. The second kappa shape index (κ2) is 5.36. The second-order valence-electron chi connectivity index (χ2n) is 11.8. The van der Waals surface area contributed by atoms with E-state index in [1.165, 1.54) is 11.1 Å². The molecular weight excluding hydrogens is 378 g/mol. The molecule has 5 nitrogen and oxygen atoms in total. The fraction of sp³-hybridized carbons (Fsp3) is 0.760. The Morgan fingerprint density at radius 3 is 2.63 bits per heavy atom. The van der Waals surface area contributed by atoms with Gasteiger partial charge in [-0.05, 0) is 62.6 Å². The van der Waals surface area contributed by atoms with Crippen LogP contribution in [0.3, 0.4) is 0 Å². The molecule has 2 aliphatic heterocycles. The number of phenols is 1. The molecule has 0 radical (unpaired) electrons. The minimum atomic E-state index is -0.910. The Labute approximate surface area is 179 Å². The molecule has 1 aromatic rings. The van der Waals surface area contributed by atoms with Crippen molar-refractivity contribution in [3.8, 4) is 11.5 Å². The van der Waals surface area contributed by atoms with Crippen LogP contribution < -0.4 is 10.1 Å². The van der Waals surface area contributed by atoms with Crippen molar-refractivity contribution in [1.82, 2.24) is 5.32 Å². The summed E-state index contributed by atoms with van der Waals surface area (Å²) in [5.41, 5.74) is 0.658. The van der Waals surface area contributed by atoms with Crippen molar-refractivity contribution in [3.05, 3.63) is 23.3 Å². The highest BCUT2D eigenvalue weighted by atomic mass is 16.6. The number of rotatable bonds is 2. The number of piperidine rings is 1. The van der Waals surface area contributed by atoms with Crippen molar-refractivity contribution in [2.75, 3.05) is 13.7 Å². The standard InChI is InChI=1S/C25H35NO4/c1-21(2,3)22(4,28)16-13-23-8-9-25(16,29-5)20-24(23)10-11-26-17(23)12-14-6-7-15(27)19(30-20)18(14)24/h6-7,16-17,20,26-28H,8-13H2,1-5H3/t16-,17-,20-,22+,23-,24+,25-/m1/s1. The average Bonchev–Trinajstić information content (AvgIpc) is 3.05. The molecule has 3 saturated carbocycles. The minimum Gasteiger partial charge on any atom is -0.504 e. The first-order valence-corrected chi connectivity index (χ1v) is 11.6. The third-order valence-electron chi connectivity index (χ3n) is 10.4. The number of nitrogens with one attached hydrogen (secondary N) is 1. The van der Waals surface area contributed by atoms with Gasteiger partial charge in [0.2, 0.25) is 0 Å². The van der Waals surface area contributed by atoms with Gasteiger partial charge >= 0.3 is 0 Å². The fourth-order valence-corrected chi connectivity index (χ4v) is 8.53. The zero-order valence-corrected chi connectivity index (χ0v) is 18.8. The van der Waals surface area contributed by atoms with Crippen LogP contribution >= 0.6 is 0 Å². The highest BCUT2D eigenvalue weighted by Crippen LogP contribution is 2.77. The van der Waals surface area contributed by atoms with E-state index in [4.69, 9.17) is 9.47 Å².